The van der Waals surface area contributed by atoms with Gasteiger partial charge in [0.15, 0.2) is 0 Å². The van der Waals surface area contributed by atoms with E-state index in [4.69, 9.17) is 4.99 Å². The molecule has 0 aromatic heterocycles. The van der Waals surface area contributed by atoms with Crippen LogP contribution in [0.1, 0.15) is 50.5 Å². The lowest BCUT2D eigenvalue weighted by Crippen LogP contribution is -2.60. The molecule has 3 atom stereocenters. The largest absolute Gasteiger partial charge is 0.390 e. The van der Waals surface area contributed by atoms with Gasteiger partial charge < -0.3 is 14.8 Å². The molecule has 1 aromatic carbocycles. The number of nitrogens with zero attached hydrogens (tertiary/aromatic N) is 2. The molecule has 0 spiro atoms. The summed E-state index contributed by atoms with van der Waals surface area (Å²) in [7, 11) is 0. The van der Waals surface area contributed by atoms with Crippen LogP contribution in [0.3, 0.4) is 0 Å². The molecule has 1 amide bonds. The monoisotopic (exact) mass is 392 g/mol. The highest BCUT2D eigenvalue weighted by atomic mass is 16.3. The van der Waals surface area contributed by atoms with Gasteiger partial charge in [-0.1, -0.05) is 36.4 Å². The summed E-state index contributed by atoms with van der Waals surface area (Å²) in [5.41, 5.74) is 0.606. The molecule has 5 nitrogen and oxygen atoms in total. The molecule has 29 heavy (non-hydrogen) atoms. The summed E-state index contributed by atoms with van der Waals surface area (Å²) >= 11 is 0. The van der Waals surface area contributed by atoms with Crippen molar-refractivity contribution in [3.8, 4) is 0 Å². The van der Waals surface area contributed by atoms with Crippen LogP contribution >= 0.6 is 0 Å². The summed E-state index contributed by atoms with van der Waals surface area (Å²) in [6, 6.07) is 9.52. The highest BCUT2D eigenvalue weighted by molar-refractivity contribution is 6.41. The van der Waals surface area contributed by atoms with Crippen molar-refractivity contribution in [3.05, 3.63) is 48.2 Å². The number of carbonyl (C=O) groups is 2. The van der Waals surface area contributed by atoms with Crippen LogP contribution in [-0.4, -0.2) is 39.6 Å². The van der Waals surface area contributed by atoms with Gasteiger partial charge >= 0.3 is 0 Å². The first-order valence-corrected chi connectivity index (χ1v) is 10.8. The minimum atomic E-state index is -0.664. The maximum absolute atomic E-state index is 13.7. The van der Waals surface area contributed by atoms with E-state index in [-0.39, 0.29) is 11.3 Å². The van der Waals surface area contributed by atoms with E-state index in [9.17, 15) is 14.7 Å². The number of hydrogen-bond acceptors (Lipinski definition) is 4. The lowest BCUT2D eigenvalue weighted by Gasteiger charge is -2.60. The van der Waals surface area contributed by atoms with Crippen LogP contribution in [0.5, 0.6) is 0 Å². The number of hydrogen-bond donors (Lipinski definition) is 1. The summed E-state index contributed by atoms with van der Waals surface area (Å²) in [5, 5.41) is 11.2. The van der Waals surface area contributed by atoms with E-state index in [0.29, 0.717) is 36.9 Å². The minimum absolute atomic E-state index is 0.155. The predicted molar refractivity (Wildman–Crippen MR) is 110 cm³/mol. The third-order valence-corrected chi connectivity index (χ3v) is 7.39. The van der Waals surface area contributed by atoms with Gasteiger partial charge in [-0.3, -0.25) is 9.79 Å². The van der Waals surface area contributed by atoms with Crippen molar-refractivity contribution in [1.82, 2.24) is 4.90 Å². The standard InChI is InChI=1S/C24H28N2O3/c27-15-20-7-4-8-26(20)22(28)21(25-14-17-5-2-1-3-6-17)23-10-18-9-19(11-23)13-24(29,12-18)16-23/h1-6,8,15,18-20,29H,7,9-14,16H2. The van der Waals surface area contributed by atoms with Crippen molar-refractivity contribution >= 4 is 17.9 Å². The van der Waals surface area contributed by atoms with Gasteiger partial charge in [0, 0.05) is 11.6 Å². The molecule has 0 radical (unpaired) electrons. The Labute approximate surface area is 171 Å². The van der Waals surface area contributed by atoms with E-state index in [1.54, 1.807) is 11.1 Å². The molecule has 6 rings (SSSR count). The molecule has 3 unspecified atom stereocenters. The summed E-state index contributed by atoms with van der Waals surface area (Å²) in [6.07, 6.45) is 10.3. The van der Waals surface area contributed by atoms with Gasteiger partial charge in [-0.05, 0) is 62.3 Å². The van der Waals surface area contributed by atoms with Crippen LogP contribution in [0.15, 0.2) is 47.6 Å². The molecule has 1 N–H and O–H groups in total. The molecule has 4 fully saturated rings. The summed E-state index contributed by atoms with van der Waals surface area (Å²) in [4.78, 5) is 31.6. The van der Waals surface area contributed by atoms with Crippen molar-refractivity contribution in [2.75, 3.05) is 0 Å². The van der Waals surface area contributed by atoms with E-state index in [1.165, 1.54) is 0 Å². The highest BCUT2D eigenvalue weighted by Crippen LogP contribution is 2.62. The Hall–Kier alpha value is -2.27. The quantitative estimate of drug-likeness (QED) is 0.618. The summed E-state index contributed by atoms with van der Waals surface area (Å²) < 4.78 is 0. The zero-order valence-corrected chi connectivity index (χ0v) is 16.7. The Morgan fingerprint density at radius 1 is 1.17 bits per heavy atom. The first-order valence-electron chi connectivity index (χ1n) is 10.8. The van der Waals surface area contributed by atoms with Gasteiger partial charge in [-0.2, -0.15) is 0 Å². The fourth-order valence-corrected chi connectivity index (χ4v) is 6.71. The Bertz CT molecular complexity index is 861. The first-order chi connectivity index (χ1) is 14.0. The Morgan fingerprint density at radius 2 is 1.90 bits per heavy atom. The molecule has 5 aliphatic rings. The number of rotatable bonds is 5. The van der Waals surface area contributed by atoms with Crippen LogP contribution < -0.4 is 0 Å². The van der Waals surface area contributed by atoms with Crippen LogP contribution in [0.4, 0.5) is 0 Å². The second-order valence-corrected chi connectivity index (χ2v) is 9.65. The van der Waals surface area contributed by atoms with Gasteiger partial charge in [-0.15, -0.1) is 0 Å². The number of benzene rings is 1. The fraction of sp³-hybridized carbons (Fsp3) is 0.542. The number of aldehydes is 1. The van der Waals surface area contributed by atoms with Crippen molar-refractivity contribution < 1.29 is 14.7 Å². The molecule has 1 aliphatic heterocycles. The number of carbonyl (C=O) groups excluding carboxylic acids is 2. The second-order valence-electron chi connectivity index (χ2n) is 9.65. The molecular formula is C24H28N2O3. The van der Waals surface area contributed by atoms with E-state index in [2.05, 4.69) is 0 Å². The van der Waals surface area contributed by atoms with Gasteiger partial charge in [0.1, 0.15) is 12.0 Å². The van der Waals surface area contributed by atoms with Crippen LogP contribution in [0, 0.1) is 17.3 Å². The average Bonchev–Trinajstić information content (AvgIpc) is 3.15. The third-order valence-electron chi connectivity index (χ3n) is 7.39. The number of aliphatic hydroxyl groups is 1. The SMILES string of the molecule is O=CC1CC=CN1C(=O)C(=NCc1ccccc1)C12CC3CC(CC(O)(C3)C1)C2. The normalized spacial score (nSPS) is 37.9. The number of amides is 1. The van der Waals surface area contributed by atoms with Crippen molar-refractivity contribution in [2.24, 2.45) is 22.2 Å². The Kier molecular flexibility index (Phi) is 4.46. The minimum Gasteiger partial charge on any atom is -0.390 e. The van der Waals surface area contributed by atoms with Gasteiger partial charge in [0.25, 0.3) is 5.91 Å². The van der Waals surface area contributed by atoms with Crippen LogP contribution in [0.2, 0.25) is 0 Å². The zero-order chi connectivity index (χ0) is 20.1. The van der Waals surface area contributed by atoms with Crippen LogP contribution in [-0.2, 0) is 16.1 Å². The van der Waals surface area contributed by atoms with Gasteiger partial charge in [0.05, 0.1) is 18.2 Å². The maximum Gasteiger partial charge on any atom is 0.272 e. The molecule has 0 saturated heterocycles. The lowest BCUT2D eigenvalue weighted by atomic mass is 9.46. The molecule has 5 heteroatoms. The maximum atomic E-state index is 13.7. The van der Waals surface area contributed by atoms with Crippen LogP contribution in [0.25, 0.3) is 0 Å². The highest BCUT2D eigenvalue weighted by Gasteiger charge is 2.60. The molecule has 4 bridgehead atoms. The summed E-state index contributed by atoms with van der Waals surface area (Å²) in [6.45, 7) is 0.445. The molecular weight excluding hydrogens is 364 g/mol. The van der Waals surface area contributed by atoms with E-state index < -0.39 is 11.6 Å². The van der Waals surface area contributed by atoms with E-state index >= 15 is 0 Å². The third kappa shape index (κ3) is 3.25. The molecule has 1 heterocycles. The molecule has 4 saturated carbocycles. The smallest absolute Gasteiger partial charge is 0.272 e. The van der Waals surface area contributed by atoms with Crippen molar-refractivity contribution in [3.63, 3.8) is 0 Å². The lowest BCUT2D eigenvalue weighted by molar-refractivity contribution is -0.145. The predicted octanol–water partition coefficient (Wildman–Crippen LogP) is 3.27. The fourth-order valence-electron chi connectivity index (χ4n) is 6.71. The van der Waals surface area contributed by atoms with Crippen molar-refractivity contribution in [2.45, 2.75) is 63.1 Å². The van der Waals surface area contributed by atoms with Gasteiger partial charge in [0.2, 0.25) is 0 Å². The second kappa shape index (κ2) is 6.91. The molecule has 4 aliphatic carbocycles. The number of aliphatic imine (C=N–C) groups is 1. The summed E-state index contributed by atoms with van der Waals surface area (Å²) in [5.74, 6) is 0.774. The zero-order valence-electron chi connectivity index (χ0n) is 16.7. The Balaban J connectivity index is 1.53. The topological polar surface area (TPSA) is 70.0 Å². The van der Waals surface area contributed by atoms with Crippen molar-refractivity contribution in [1.29, 1.82) is 0 Å². The molecule has 152 valence electrons. The first kappa shape index (κ1) is 18.7. The van der Waals surface area contributed by atoms with E-state index in [1.807, 2.05) is 36.4 Å². The van der Waals surface area contributed by atoms with Gasteiger partial charge in [-0.25, -0.2) is 0 Å². The average molecular weight is 392 g/mol. The molecule has 1 aromatic rings. The van der Waals surface area contributed by atoms with E-state index in [0.717, 1.165) is 44.0 Å². The Morgan fingerprint density at radius 3 is 2.55 bits per heavy atom.